The summed E-state index contributed by atoms with van der Waals surface area (Å²) < 4.78 is 31.6. The standard InChI is InChI=1S/C4H6O6.2H3N.H2O4S/c5-1(3(7)8)2(6)4(9)10;;;1-5(2,3)4/h1-2,5-6H,(H,7,8)(H,9,10);2*1H3;(H2,1,2,3,4). The van der Waals surface area contributed by atoms with Gasteiger partial charge in [0.15, 0.2) is 0 Å². The lowest BCUT2D eigenvalue weighted by atomic mass is 10.2. The number of carboxylic acid groups (broad SMARTS) is 2. The Balaban J connectivity index is -0.000000105. The first-order chi connectivity index (χ1) is 6.46. The Hall–Kier alpha value is -1.35. The number of aliphatic hydroxyl groups excluding tert-OH is 2. The van der Waals surface area contributed by atoms with Gasteiger partial charge in [-0.1, -0.05) is 0 Å². The molecule has 0 aliphatic carbocycles. The fraction of sp³-hybridized carbons (Fsp3) is 0.500. The predicted molar refractivity (Wildman–Crippen MR) is 48.2 cm³/mol. The van der Waals surface area contributed by atoms with Gasteiger partial charge in [0.2, 0.25) is 0 Å². The van der Waals surface area contributed by atoms with Crippen molar-refractivity contribution in [3.05, 3.63) is 0 Å². The molecule has 0 bridgehead atoms. The summed E-state index contributed by atoms with van der Waals surface area (Å²) in [7, 11) is -4.67. The Bertz CT molecular complexity index is 299. The number of hydrogen-bond donors (Lipinski definition) is 6. The van der Waals surface area contributed by atoms with Crippen LogP contribution in [0.25, 0.3) is 0 Å². The molecule has 0 aliphatic rings. The average molecular weight is 282 g/mol. The zero-order valence-corrected chi connectivity index (χ0v) is 9.62. The summed E-state index contributed by atoms with van der Waals surface area (Å²) in [4.78, 5) is 19.3. The van der Waals surface area contributed by atoms with Crippen molar-refractivity contribution in [3.8, 4) is 0 Å². The van der Waals surface area contributed by atoms with E-state index in [0.29, 0.717) is 0 Å². The summed E-state index contributed by atoms with van der Waals surface area (Å²) in [5.41, 5.74) is 0. The summed E-state index contributed by atoms with van der Waals surface area (Å²) >= 11 is 0. The minimum atomic E-state index is -4.67. The van der Waals surface area contributed by atoms with Crippen LogP contribution in [-0.2, 0) is 20.0 Å². The van der Waals surface area contributed by atoms with Gasteiger partial charge in [-0.25, -0.2) is 0 Å². The average Bonchev–Trinajstić information content (AvgIpc) is 1.98. The summed E-state index contributed by atoms with van der Waals surface area (Å²) in [6.45, 7) is 0. The highest BCUT2D eigenvalue weighted by molar-refractivity contribution is 7.79. The Morgan fingerprint density at radius 1 is 0.882 bits per heavy atom. The van der Waals surface area contributed by atoms with Gasteiger partial charge in [-0.05, 0) is 0 Å². The molecule has 17 heavy (non-hydrogen) atoms. The fourth-order valence-electron chi connectivity index (χ4n) is 0.258. The molecule has 0 aliphatic heterocycles. The van der Waals surface area contributed by atoms with Crippen LogP contribution in [0, 0.1) is 0 Å². The van der Waals surface area contributed by atoms with Crippen LogP contribution in [0.5, 0.6) is 0 Å². The molecule has 0 spiro atoms. The first-order valence-electron chi connectivity index (χ1n) is 2.94. The SMILES string of the molecule is O=C([O-])C(O)C(O)C(=O)[O-].O=S(=O)(O)O.[NH4+].[NH4+]. The third kappa shape index (κ3) is 20.7. The summed E-state index contributed by atoms with van der Waals surface area (Å²) in [6, 6.07) is 0. The molecule has 0 saturated heterocycles. The molecule has 0 rings (SSSR count). The molecular formula is C4H14N2O10S. The van der Waals surface area contributed by atoms with Gasteiger partial charge >= 0.3 is 10.4 Å². The molecule has 0 amide bonds. The molecule has 0 saturated carbocycles. The molecule has 0 radical (unpaired) electrons. The maximum absolute atomic E-state index is 9.63. The Morgan fingerprint density at radius 2 is 1.00 bits per heavy atom. The van der Waals surface area contributed by atoms with Gasteiger partial charge in [-0.15, -0.1) is 0 Å². The number of carbonyl (C=O) groups excluding carboxylic acids is 2. The normalized spacial score (nSPS) is 12.7. The van der Waals surface area contributed by atoms with E-state index in [4.69, 9.17) is 27.7 Å². The summed E-state index contributed by atoms with van der Waals surface area (Å²) in [5, 5.41) is 35.7. The Kier molecular flexibility index (Phi) is 14.3. The van der Waals surface area contributed by atoms with Crippen LogP contribution in [0.15, 0.2) is 0 Å². The molecule has 0 heterocycles. The first kappa shape index (κ1) is 24.7. The topological polar surface area (TPSA) is 268 Å². The van der Waals surface area contributed by atoms with Gasteiger partial charge in [-0.3, -0.25) is 9.11 Å². The molecule has 2 unspecified atom stereocenters. The van der Waals surface area contributed by atoms with Crippen LogP contribution < -0.4 is 22.5 Å². The molecule has 12 nitrogen and oxygen atoms in total. The van der Waals surface area contributed by atoms with Crippen LogP contribution in [0.2, 0.25) is 0 Å². The van der Waals surface area contributed by atoms with E-state index in [9.17, 15) is 19.8 Å². The number of carbonyl (C=O) groups is 2. The van der Waals surface area contributed by atoms with E-state index in [-0.39, 0.29) is 12.3 Å². The van der Waals surface area contributed by atoms with E-state index in [1.54, 1.807) is 0 Å². The van der Waals surface area contributed by atoms with Crippen molar-refractivity contribution in [2.24, 2.45) is 0 Å². The second kappa shape index (κ2) is 9.85. The monoisotopic (exact) mass is 282 g/mol. The number of quaternary nitrogens is 2. The molecule has 0 aromatic heterocycles. The van der Waals surface area contributed by atoms with Gasteiger partial charge in [0, 0.05) is 0 Å². The summed E-state index contributed by atoms with van der Waals surface area (Å²) in [6.07, 6.45) is -4.88. The molecule has 12 N–H and O–H groups in total. The molecular weight excluding hydrogens is 268 g/mol. The van der Waals surface area contributed by atoms with Crippen LogP contribution in [-0.4, -0.2) is 51.9 Å². The van der Waals surface area contributed by atoms with Gasteiger partial charge in [0.1, 0.15) is 12.2 Å². The van der Waals surface area contributed by atoms with Crippen molar-refractivity contribution in [1.29, 1.82) is 0 Å². The molecule has 0 aromatic carbocycles. The number of rotatable bonds is 3. The molecule has 0 aromatic rings. The lowest BCUT2D eigenvalue weighted by molar-refractivity contribution is -0.333. The van der Waals surface area contributed by atoms with Crippen molar-refractivity contribution >= 4 is 22.3 Å². The van der Waals surface area contributed by atoms with Gasteiger partial charge in [-0.2, -0.15) is 8.42 Å². The smallest absolute Gasteiger partial charge is 0.394 e. The van der Waals surface area contributed by atoms with Gasteiger partial charge in [0.05, 0.1) is 11.9 Å². The highest BCUT2D eigenvalue weighted by atomic mass is 32.3. The van der Waals surface area contributed by atoms with Crippen molar-refractivity contribution in [2.75, 3.05) is 0 Å². The third-order valence-electron chi connectivity index (χ3n) is 0.782. The zero-order valence-electron chi connectivity index (χ0n) is 8.80. The fourth-order valence-corrected chi connectivity index (χ4v) is 0.258. The van der Waals surface area contributed by atoms with E-state index in [1.165, 1.54) is 0 Å². The van der Waals surface area contributed by atoms with Gasteiger partial charge < -0.3 is 42.3 Å². The van der Waals surface area contributed by atoms with Gasteiger partial charge in [0.25, 0.3) is 0 Å². The van der Waals surface area contributed by atoms with Crippen LogP contribution in [0.1, 0.15) is 0 Å². The van der Waals surface area contributed by atoms with Crippen molar-refractivity contribution in [1.82, 2.24) is 12.3 Å². The second-order valence-electron chi connectivity index (χ2n) is 1.98. The third-order valence-corrected chi connectivity index (χ3v) is 0.782. The number of carboxylic acids is 2. The number of aliphatic carboxylic acids is 2. The molecule has 2 atom stereocenters. The van der Waals surface area contributed by atoms with Crippen molar-refractivity contribution in [3.63, 3.8) is 0 Å². The lowest BCUT2D eigenvalue weighted by Gasteiger charge is -2.18. The van der Waals surface area contributed by atoms with Crippen molar-refractivity contribution < 1.29 is 47.5 Å². The highest BCUT2D eigenvalue weighted by Gasteiger charge is 2.17. The summed E-state index contributed by atoms with van der Waals surface area (Å²) in [5.74, 6) is -4.12. The highest BCUT2D eigenvalue weighted by Crippen LogP contribution is 1.88. The maximum Gasteiger partial charge on any atom is 0.394 e. The number of hydrogen-bond acceptors (Lipinski definition) is 8. The number of aliphatic hydroxyl groups is 2. The maximum atomic E-state index is 9.63. The van der Waals surface area contributed by atoms with Crippen LogP contribution in [0.4, 0.5) is 0 Å². The minimum Gasteiger partial charge on any atom is -0.547 e. The van der Waals surface area contributed by atoms with Crippen LogP contribution >= 0.6 is 0 Å². The molecule has 13 heteroatoms. The van der Waals surface area contributed by atoms with E-state index in [2.05, 4.69) is 0 Å². The molecule has 106 valence electrons. The predicted octanol–water partition coefficient (Wildman–Crippen LogP) is -4.69. The zero-order chi connectivity index (χ0) is 12.8. The quantitative estimate of drug-likeness (QED) is 0.269. The van der Waals surface area contributed by atoms with Crippen molar-refractivity contribution in [2.45, 2.75) is 12.2 Å². The second-order valence-corrected chi connectivity index (χ2v) is 2.87. The Labute approximate surface area is 95.2 Å². The minimum absolute atomic E-state index is 0. The first-order valence-corrected chi connectivity index (χ1v) is 4.34. The molecule has 0 fully saturated rings. The van der Waals surface area contributed by atoms with E-state index < -0.39 is 34.5 Å². The van der Waals surface area contributed by atoms with E-state index in [0.717, 1.165) is 0 Å². The van der Waals surface area contributed by atoms with Crippen LogP contribution in [0.3, 0.4) is 0 Å². The lowest BCUT2D eigenvalue weighted by Crippen LogP contribution is -2.51. The van der Waals surface area contributed by atoms with E-state index in [1.807, 2.05) is 0 Å². The Morgan fingerprint density at radius 3 is 1.06 bits per heavy atom. The van der Waals surface area contributed by atoms with E-state index >= 15 is 0 Å². The largest absolute Gasteiger partial charge is 0.547 e.